The van der Waals surface area contributed by atoms with Crippen LogP contribution in [-0.4, -0.2) is 94.2 Å². The first-order valence-corrected chi connectivity index (χ1v) is 18.0. The normalized spacial score (nSPS) is 13.2. The summed E-state index contributed by atoms with van der Waals surface area (Å²) in [6, 6.07) is 8.74. The monoisotopic (exact) mass is 662 g/mol. The van der Waals surface area contributed by atoms with Gasteiger partial charge in [0.1, 0.15) is 10.0 Å². The second-order valence-electron chi connectivity index (χ2n) is 11.2. The molecule has 0 atom stereocenters. The molecule has 0 radical (unpaired) electrons. The van der Waals surface area contributed by atoms with E-state index in [1.807, 2.05) is 12.1 Å². The third-order valence-electron chi connectivity index (χ3n) is 7.27. The van der Waals surface area contributed by atoms with Crippen molar-refractivity contribution in [2.75, 3.05) is 77.7 Å². The number of thiophene rings is 1. The summed E-state index contributed by atoms with van der Waals surface area (Å²) in [5.74, 6) is 0.0274. The molecule has 0 unspecified atom stereocenters. The lowest BCUT2D eigenvalue weighted by Crippen LogP contribution is -2.35. The lowest BCUT2D eigenvalue weighted by atomic mass is 10.0. The molecule has 1 aromatic carbocycles. The Hall–Kier alpha value is -2.00. The number of ether oxygens (including phenoxy) is 3. The fourth-order valence-corrected chi connectivity index (χ4v) is 7.10. The van der Waals surface area contributed by atoms with Crippen LogP contribution < -0.4 is 22.1 Å². The number of nitrogens with one attached hydrogen (secondary N) is 2. The molecule has 0 saturated heterocycles. The Labute approximate surface area is 277 Å². The van der Waals surface area contributed by atoms with Crippen LogP contribution in [0.1, 0.15) is 56.9 Å². The fraction of sp³-hybridized carbons (Fsp3) is 0.636. The third-order valence-corrected chi connectivity index (χ3v) is 9.46. The number of anilines is 1. The van der Waals surface area contributed by atoms with Gasteiger partial charge in [0.15, 0.2) is 0 Å². The Morgan fingerprint density at radius 1 is 0.978 bits per heavy atom. The molecule has 0 aliphatic carbocycles. The van der Waals surface area contributed by atoms with Crippen LogP contribution in [-0.2, 0) is 32.0 Å². The Bertz CT molecular complexity index is 1220. The minimum absolute atomic E-state index is 0.0274. The van der Waals surface area contributed by atoms with E-state index >= 15 is 0 Å². The van der Waals surface area contributed by atoms with Gasteiger partial charge in [-0.3, -0.25) is 9.69 Å². The molecule has 1 aliphatic heterocycles. The van der Waals surface area contributed by atoms with Crippen molar-refractivity contribution in [3.8, 4) is 10.6 Å². The van der Waals surface area contributed by atoms with E-state index in [-0.39, 0.29) is 5.91 Å². The zero-order valence-electron chi connectivity index (χ0n) is 27.4. The number of hydrogen-bond donors (Lipinski definition) is 4. The minimum Gasteiger partial charge on any atom is -0.379 e. The summed E-state index contributed by atoms with van der Waals surface area (Å²) in [7, 11) is 0. The molecule has 3 heterocycles. The quantitative estimate of drug-likeness (QED) is 0.125. The molecule has 2 aromatic heterocycles. The van der Waals surface area contributed by atoms with Gasteiger partial charge in [-0.25, -0.2) is 4.98 Å². The molecule has 3 aromatic rings. The van der Waals surface area contributed by atoms with Gasteiger partial charge in [0.2, 0.25) is 5.91 Å². The van der Waals surface area contributed by atoms with Crippen LogP contribution in [0.4, 0.5) is 5.00 Å². The number of para-hydroxylation sites is 1. The summed E-state index contributed by atoms with van der Waals surface area (Å²) < 4.78 is 17.7. The number of carbonyl (C=O) groups excluding carboxylic acids is 1. The van der Waals surface area contributed by atoms with Gasteiger partial charge in [-0.2, -0.15) is 0 Å². The average molecular weight is 663 g/mol. The highest BCUT2D eigenvalue weighted by atomic mass is 32.1. The summed E-state index contributed by atoms with van der Waals surface area (Å²) in [6.45, 7) is 15.0. The highest BCUT2D eigenvalue weighted by molar-refractivity contribution is 7.22. The van der Waals surface area contributed by atoms with Crippen LogP contribution in [0.15, 0.2) is 24.3 Å². The van der Waals surface area contributed by atoms with E-state index in [9.17, 15) is 4.79 Å². The van der Waals surface area contributed by atoms with Crippen molar-refractivity contribution in [3.05, 3.63) is 34.7 Å². The molecule has 0 bridgehead atoms. The summed E-state index contributed by atoms with van der Waals surface area (Å²) in [4.78, 5) is 21.7. The predicted octanol–water partition coefficient (Wildman–Crippen LogP) is 4.85. The second-order valence-corrected chi connectivity index (χ2v) is 13.3. The van der Waals surface area contributed by atoms with E-state index < -0.39 is 0 Å². The second kappa shape index (κ2) is 21.7. The molecule has 12 heteroatoms. The third kappa shape index (κ3) is 13.0. The van der Waals surface area contributed by atoms with Crippen molar-refractivity contribution < 1.29 is 19.0 Å². The molecular weight excluding hydrogens is 609 g/mol. The van der Waals surface area contributed by atoms with Gasteiger partial charge < -0.3 is 36.3 Å². The maximum atomic E-state index is 13.0. The van der Waals surface area contributed by atoms with Crippen LogP contribution in [0.5, 0.6) is 0 Å². The largest absolute Gasteiger partial charge is 0.379 e. The van der Waals surface area contributed by atoms with Gasteiger partial charge in [0.25, 0.3) is 0 Å². The lowest BCUT2D eigenvalue weighted by molar-refractivity contribution is -0.116. The van der Waals surface area contributed by atoms with Gasteiger partial charge in [-0.1, -0.05) is 19.1 Å². The van der Waals surface area contributed by atoms with Crippen molar-refractivity contribution in [2.45, 2.75) is 65.5 Å². The highest BCUT2D eigenvalue weighted by Gasteiger charge is 2.28. The summed E-state index contributed by atoms with van der Waals surface area (Å²) in [5, 5.41) is 8.53. The Balaban J connectivity index is 0.00000130. The van der Waals surface area contributed by atoms with E-state index in [4.69, 9.17) is 30.7 Å². The number of fused-ring (bicyclic) bond motifs is 2. The molecule has 0 fully saturated rings. The molecule has 0 saturated carbocycles. The van der Waals surface area contributed by atoms with E-state index in [1.54, 1.807) is 22.7 Å². The van der Waals surface area contributed by atoms with Gasteiger partial charge in [-0.15, -0.1) is 22.7 Å². The maximum Gasteiger partial charge on any atom is 0.226 e. The van der Waals surface area contributed by atoms with Crippen LogP contribution in [0, 0.1) is 0 Å². The minimum atomic E-state index is 0.0274. The first-order chi connectivity index (χ1) is 22.0. The number of nitrogens with zero attached hydrogens (tertiary/aromatic N) is 2. The first kappa shape index (κ1) is 37.5. The molecular formula is C33H54N6O4S2. The average Bonchev–Trinajstić information content (AvgIpc) is 3.63. The molecule has 1 amide bonds. The van der Waals surface area contributed by atoms with Crippen molar-refractivity contribution >= 4 is 43.8 Å². The number of thiazole rings is 1. The van der Waals surface area contributed by atoms with E-state index in [1.165, 1.54) is 15.1 Å². The standard InChI is InChI=1S/C30H45N5O4S2.C3H9N/c1-22(2)35-14-10-23-26(21-35)41-30(28(23)29-33-24-7-3-4-8-25(24)40-29)34-27(36)9-13-32-12-6-16-38-18-20-39-19-17-37-15-5-11-31;1-2-3-4/h3-4,7-8,22,32H,5-6,9-21,31H2,1-2H3,(H,34,36);2-4H2,1H3. The van der Waals surface area contributed by atoms with Crippen molar-refractivity contribution in [3.63, 3.8) is 0 Å². The number of nitrogens with two attached hydrogens (primary N) is 2. The van der Waals surface area contributed by atoms with E-state index in [2.05, 4.69) is 48.4 Å². The van der Waals surface area contributed by atoms with Gasteiger partial charge >= 0.3 is 0 Å². The summed E-state index contributed by atoms with van der Waals surface area (Å²) >= 11 is 3.42. The number of carbonyl (C=O) groups is 1. The molecule has 4 rings (SSSR count). The van der Waals surface area contributed by atoms with Gasteiger partial charge in [-0.05, 0) is 76.9 Å². The summed E-state index contributed by atoms with van der Waals surface area (Å²) in [6.07, 6.45) is 4.25. The van der Waals surface area contributed by atoms with Crippen LogP contribution >= 0.6 is 22.7 Å². The topological polar surface area (TPSA) is 137 Å². The zero-order valence-corrected chi connectivity index (χ0v) is 29.0. The van der Waals surface area contributed by atoms with E-state index in [0.717, 1.165) is 73.0 Å². The number of aromatic nitrogens is 1. The van der Waals surface area contributed by atoms with E-state index in [0.29, 0.717) is 65.2 Å². The van der Waals surface area contributed by atoms with Crippen LogP contribution in [0.25, 0.3) is 20.8 Å². The van der Waals surface area contributed by atoms with Gasteiger partial charge in [0, 0.05) is 55.8 Å². The molecule has 45 heavy (non-hydrogen) atoms. The summed E-state index contributed by atoms with van der Waals surface area (Å²) in [5.41, 5.74) is 13.9. The molecule has 0 spiro atoms. The number of hydrogen-bond acceptors (Lipinski definition) is 11. The zero-order chi connectivity index (χ0) is 32.3. The number of benzene rings is 1. The highest BCUT2D eigenvalue weighted by Crippen LogP contribution is 2.45. The smallest absolute Gasteiger partial charge is 0.226 e. The van der Waals surface area contributed by atoms with Crippen molar-refractivity contribution in [1.82, 2.24) is 15.2 Å². The SMILES string of the molecule is CC(C)N1CCc2c(sc(NC(=O)CCNCCCOCCOCCOCCCN)c2-c2nc3ccccc3s2)C1.CCCN. The maximum absolute atomic E-state index is 13.0. The first-order valence-electron chi connectivity index (χ1n) is 16.4. The van der Waals surface area contributed by atoms with Crippen LogP contribution in [0.3, 0.4) is 0 Å². The Morgan fingerprint density at radius 2 is 1.67 bits per heavy atom. The van der Waals surface area contributed by atoms with Gasteiger partial charge in [0.05, 0.1) is 36.6 Å². The number of amides is 1. The molecule has 6 N–H and O–H groups in total. The lowest BCUT2D eigenvalue weighted by Gasteiger charge is -2.30. The Morgan fingerprint density at radius 3 is 2.33 bits per heavy atom. The van der Waals surface area contributed by atoms with Crippen molar-refractivity contribution in [2.24, 2.45) is 11.5 Å². The van der Waals surface area contributed by atoms with Crippen molar-refractivity contribution in [1.29, 1.82) is 0 Å². The molecule has 252 valence electrons. The molecule has 10 nitrogen and oxygen atoms in total. The predicted molar refractivity (Wildman–Crippen MR) is 188 cm³/mol. The Kier molecular flexibility index (Phi) is 18.1. The van der Waals surface area contributed by atoms with Crippen LogP contribution in [0.2, 0.25) is 0 Å². The fourth-order valence-electron chi connectivity index (χ4n) is 4.70. The number of rotatable bonds is 20. The molecule has 1 aliphatic rings.